The average Bonchev–Trinajstić information content (AvgIpc) is 2.40. The first kappa shape index (κ1) is 20.3. The lowest BCUT2D eigenvalue weighted by Gasteiger charge is -2.20. The molecule has 8 nitrogen and oxygen atoms in total. The Kier molecular flexibility index (Phi) is 9.35. The minimum absolute atomic E-state index is 0.312. The Bertz CT molecular complexity index is 381. The first-order valence-electron chi connectivity index (χ1n) is 7.22. The van der Waals surface area contributed by atoms with Gasteiger partial charge in [0.1, 0.15) is 6.61 Å². The Morgan fingerprint density at radius 3 is 2.23 bits per heavy atom. The van der Waals surface area contributed by atoms with Crippen LogP contribution in [0.25, 0.3) is 0 Å². The molecule has 0 aliphatic carbocycles. The third-order valence-corrected chi connectivity index (χ3v) is 3.11. The molecule has 2 atom stereocenters. The minimum atomic E-state index is -2.71. The van der Waals surface area contributed by atoms with Gasteiger partial charge in [0.05, 0.1) is 18.9 Å². The highest BCUT2D eigenvalue weighted by molar-refractivity contribution is 5.88. The lowest BCUT2D eigenvalue weighted by Crippen LogP contribution is -2.43. The van der Waals surface area contributed by atoms with Crippen LogP contribution < -0.4 is 0 Å². The highest BCUT2D eigenvalue weighted by Crippen LogP contribution is 2.17. The number of carbonyl (C=O) groups is 3. The number of carbonyl (C=O) groups excluding carboxylic acids is 1. The molecule has 0 rings (SSSR count). The molecule has 0 saturated heterocycles. The molecule has 22 heavy (non-hydrogen) atoms. The van der Waals surface area contributed by atoms with Crippen molar-refractivity contribution >= 4 is 17.9 Å². The molecule has 0 bridgehead atoms. The van der Waals surface area contributed by atoms with Gasteiger partial charge >= 0.3 is 17.9 Å². The van der Waals surface area contributed by atoms with Gasteiger partial charge in [-0.25, -0.2) is 4.79 Å². The van der Waals surface area contributed by atoms with Gasteiger partial charge in [-0.2, -0.15) is 0 Å². The van der Waals surface area contributed by atoms with Gasteiger partial charge in [0.2, 0.25) is 0 Å². The molecule has 0 aromatic carbocycles. The van der Waals surface area contributed by atoms with E-state index in [0.29, 0.717) is 6.42 Å². The van der Waals surface area contributed by atoms with Gasteiger partial charge in [0.25, 0.3) is 0 Å². The number of rotatable bonds is 12. The molecule has 0 fully saturated rings. The molecular weight excluding hydrogens is 296 g/mol. The topological polar surface area (TPSA) is 141 Å². The van der Waals surface area contributed by atoms with Crippen molar-refractivity contribution < 1.29 is 39.5 Å². The van der Waals surface area contributed by atoms with E-state index >= 15 is 0 Å². The van der Waals surface area contributed by atoms with Gasteiger partial charge in [-0.1, -0.05) is 32.6 Å². The van der Waals surface area contributed by atoms with Crippen LogP contribution in [0.5, 0.6) is 0 Å². The first-order chi connectivity index (χ1) is 10.2. The quantitative estimate of drug-likeness (QED) is 0.301. The van der Waals surface area contributed by atoms with Crippen LogP contribution in [0.3, 0.4) is 0 Å². The number of aliphatic hydroxyl groups excluding tert-OH is 1. The fourth-order valence-electron chi connectivity index (χ4n) is 1.83. The summed E-state index contributed by atoms with van der Waals surface area (Å²) in [5, 5.41) is 36.6. The Balaban J connectivity index is 4.19. The van der Waals surface area contributed by atoms with Crippen molar-refractivity contribution in [1.82, 2.24) is 0 Å². The predicted octanol–water partition coefficient (Wildman–Crippen LogP) is 0.541. The van der Waals surface area contributed by atoms with E-state index in [4.69, 9.17) is 10.2 Å². The highest BCUT2D eigenvalue weighted by Gasteiger charge is 2.41. The Hall–Kier alpha value is -1.67. The number of carboxylic acid groups (broad SMARTS) is 2. The zero-order valence-electron chi connectivity index (χ0n) is 12.7. The van der Waals surface area contributed by atoms with Crippen LogP contribution in [-0.4, -0.2) is 56.6 Å². The fraction of sp³-hybridized carbons (Fsp3) is 0.786. The van der Waals surface area contributed by atoms with Crippen LogP contribution in [0, 0.1) is 0 Å². The van der Waals surface area contributed by atoms with Crippen molar-refractivity contribution in [2.24, 2.45) is 0 Å². The summed E-state index contributed by atoms with van der Waals surface area (Å²) in [5.74, 6) is -4.43. The van der Waals surface area contributed by atoms with Crippen molar-refractivity contribution in [3.8, 4) is 0 Å². The largest absolute Gasteiger partial charge is 0.481 e. The maximum Gasteiger partial charge on any atom is 0.336 e. The maximum absolute atomic E-state index is 11.5. The predicted molar refractivity (Wildman–Crippen MR) is 75.2 cm³/mol. The summed E-state index contributed by atoms with van der Waals surface area (Å²) in [6.45, 7) is 1.74. The lowest BCUT2D eigenvalue weighted by atomic mass is 9.96. The van der Waals surface area contributed by atoms with Crippen LogP contribution in [0.15, 0.2) is 0 Å². The number of aliphatic hydroxyl groups is 2. The fourth-order valence-corrected chi connectivity index (χ4v) is 1.83. The van der Waals surface area contributed by atoms with Gasteiger partial charge in [-0.3, -0.25) is 9.59 Å². The summed E-state index contributed by atoms with van der Waals surface area (Å²) in [6, 6.07) is 0. The third kappa shape index (κ3) is 8.58. The summed E-state index contributed by atoms with van der Waals surface area (Å²) < 4.78 is 4.68. The SMILES string of the molecule is CCCCCCC(O)COC(=O)CC(O)(CC(=O)O)C(=O)O. The van der Waals surface area contributed by atoms with E-state index in [2.05, 4.69) is 11.7 Å². The molecule has 0 aromatic heterocycles. The molecule has 0 aromatic rings. The molecule has 0 aliphatic heterocycles. The molecule has 0 radical (unpaired) electrons. The number of esters is 1. The molecule has 0 amide bonds. The molecular formula is C14H24O8. The van der Waals surface area contributed by atoms with Crippen LogP contribution in [0.1, 0.15) is 51.9 Å². The highest BCUT2D eigenvalue weighted by atomic mass is 16.5. The summed E-state index contributed by atoms with van der Waals surface area (Å²) in [4.78, 5) is 32.9. The number of unbranched alkanes of at least 4 members (excludes halogenated alkanes) is 3. The van der Waals surface area contributed by atoms with Crippen molar-refractivity contribution in [1.29, 1.82) is 0 Å². The van der Waals surface area contributed by atoms with Crippen LogP contribution in [-0.2, 0) is 19.1 Å². The lowest BCUT2D eigenvalue weighted by molar-refractivity contribution is -0.172. The molecule has 4 N–H and O–H groups in total. The van der Waals surface area contributed by atoms with E-state index in [-0.39, 0.29) is 6.61 Å². The van der Waals surface area contributed by atoms with Gasteiger partial charge in [0.15, 0.2) is 5.60 Å². The maximum atomic E-state index is 11.5. The van der Waals surface area contributed by atoms with Crippen LogP contribution in [0.4, 0.5) is 0 Å². The van der Waals surface area contributed by atoms with Crippen LogP contribution in [0.2, 0.25) is 0 Å². The van der Waals surface area contributed by atoms with Crippen molar-refractivity contribution in [2.75, 3.05) is 6.61 Å². The van der Waals surface area contributed by atoms with E-state index < -0.39 is 42.5 Å². The number of ether oxygens (including phenoxy) is 1. The molecule has 0 aliphatic rings. The van der Waals surface area contributed by atoms with Crippen LogP contribution >= 0.6 is 0 Å². The Morgan fingerprint density at radius 1 is 1.09 bits per heavy atom. The summed E-state index contributed by atoms with van der Waals surface area (Å²) >= 11 is 0. The molecule has 2 unspecified atom stereocenters. The molecule has 128 valence electrons. The van der Waals surface area contributed by atoms with E-state index in [1.54, 1.807) is 0 Å². The molecule has 0 heterocycles. The molecule has 8 heteroatoms. The second-order valence-electron chi connectivity index (χ2n) is 5.27. The number of carboxylic acids is 2. The number of hydrogen-bond acceptors (Lipinski definition) is 6. The normalized spacial score (nSPS) is 14.9. The number of hydrogen-bond donors (Lipinski definition) is 4. The summed E-state index contributed by atoms with van der Waals surface area (Å²) in [5.41, 5.74) is -2.71. The van der Waals surface area contributed by atoms with Gasteiger partial charge in [-0.15, -0.1) is 0 Å². The van der Waals surface area contributed by atoms with Gasteiger partial charge in [-0.05, 0) is 6.42 Å². The average molecular weight is 320 g/mol. The van der Waals surface area contributed by atoms with Crippen molar-refractivity contribution in [2.45, 2.75) is 63.6 Å². The summed E-state index contributed by atoms with van der Waals surface area (Å²) in [6.07, 6.45) is 1.33. The standard InChI is InChI=1S/C14H24O8/c1-2-3-4-5-6-10(15)9-22-12(18)8-14(21,13(19)20)7-11(16)17/h10,15,21H,2-9H2,1H3,(H,16,17)(H,19,20). The zero-order valence-corrected chi connectivity index (χ0v) is 12.7. The van der Waals surface area contributed by atoms with E-state index in [1.165, 1.54) is 0 Å². The Morgan fingerprint density at radius 2 is 1.73 bits per heavy atom. The Labute approximate surface area is 128 Å². The summed E-state index contributed by atoms with van der Waals surface area (Å²) in [7, 11) is 0. The smallest absolute Gasteiger partial charge is 0.336 e. The first-order valence-corrected chi connectivity index (χ1v) is 7.22. The van der Waals surface area contributed by atoms with Gasteiger partial charge in [0, 0.05) is 0 Å². The number of aliphatic carboxylic acids is 2. The monoisotopic (exact) mass is 320 g/mol. The van der Waals surface area contributed by atoms with E-state index in [9.17, 15) is 24.6 Å². The van der Waals surface area contributed by atoms with E-state index in [0.717, 1.165) is 25.7 Å². The second kappa shape index (κ2) is 10.1. The van der Waals surface area contributed by atoms with Gasteiger partial charge < -0.3 is 25.2 Å². The van der Waals surface area contributed by atoms with Crippen molar-refractivity contribution in [3.63, 3.8) is 0 Å². The molecule has 0 saturated carbocycles. The zero-order chi connectivity index (χ0) is 17.2. The minimum Gasteiger partial charge on any atom is -0.481 e. The molecule has 0 spiro atoms. The van der Waals surface area contributed by atoms with Crippen molar-refractivity contribution in [3.05, 3.63) is 0 Å². The second-order valence-corrected chi connectivity index (χ2v) is 5.27. The third-order valence-electron chi connectivity index (χ3n) is 3.11. The van der Waals surface area contributed by atoms with E-state index in [1.807, 2.05) is 0 Å².